The van der Waals surface area contributed by atoms with Gasteiger partial charge in [-0.2, -0.15) is 0 Å². The monoisotopic (exact) mass is 202 g/mol. The maximum atomic E-state index is 5.01. The molecule has 0 spiro atoms. The summed E-state index contributed by atoms with van der Waals surface area (Å²) in [4.78, 5) is 2.36. The number of hydrogen-bond donors (Lipinski definition) is 1. The average molecular weight is 202 g/mol. The maximum Gasteiger partial charge on any atom is 0.0474 e. The molecule has 0 aliphatic heterocycles. The SMILES string of the molecule is COCCCN(C)CCCNC(C)C. The van der Waals surface area contributed by atoms with Gasteiger partial charge in [0.2, 0.25) is 0 Å². The van der Waals surface area contributed by atoms with Gasteiger partial charge in [-0.1, -0.05) is 13.8 Å². The van der Waals surface area contributed by atoms with Gasteiger partial charge in [-0.25, -0.2) is 0 Å². The van der Waals surface area contributed by atoms with Gasteiger partial charge in [-0.05, 0) is 33.0 Å². The molecule has 0 heterocycles. The van der Waals surface area contributed by atoms with Crippen LogP contribution in [0.25, 0.3) is 0 Å². The lowest BCUT2D eigenvalue weighted by molar-refractivity contribution is 0.179. The molecule has 0 unspecified atom stereocenters. The molecule has 0 radical (unpaired) electrons. The first-order chi connectivity index (χ1) is 6.66. The number of nitrogens with one attached hydrogen (secondary N) is 1. The number of rotatable bonds is 9. The topological polar surface area (TPSA) is 24.5 Å². The Hall–Kier alpha value is -0.120. The molecule has 0 bridgehead atoms. The summed E-state index contributed by atoms with van der Waals surface area (Å²) >= 11 is 0. The van der Waals surface area contributed by atoms with E-state index in [-0.39, 0.29) is 0 Å². The summed E-state index contributed by atoms with van der Waals surface area (Å²) in [7, 11) is 3.93. The lowest BCUT2D eigenvalue weighted by Crippen LogP contribution is -2.28. The van der Waals surface area contributed by atoms with E-state index in [4.69, 9.17) is 4.74 Å². The van der Waals surface area contributed by atoms with E-state index in [1.807, 2.05) is 0 Å². The first-order valence-corrected chi connectivity index (χ1v) is 5.57. The molecule has 0 fully saturated rings. The number of hydrogen-bond acceptors (Lipinski definition) is 3. The Bertz CT molecular complexity index is 118. The molecule has 0 aliphatic rings. The molecule has 0 saturated heterocycles. The first-order valence-electron chi connectivity index (χ1n) is 5.57. The molecule has 3 nitrogen and oxygen atoms in total. The third-order valence-electron chi connectivity index (χ3n) is 2.16. The summed E-state index contributed by atoms with van der Waals surface area (Å²) in [6.07, 6.45) is 2.35. The molecule has 1 N–H and O–H groups in total. The van der Waals surface area contributed by atoms with Gasteiger partial charge in [0.1, 0.15) is 0 Å². The summed E-state index contributed by atoms with van der Waals surface area (Å²) in [5.74, 6) is 0. The fourth-order valence-corrected chi connectivity index (χ4v) is 1.33. The van der Waals surface area contributed by atoms with Crippen LogP contribution in [0, 0.1) is 0 Å². The Balaban J connectivity index is 3.14. The minimum atomic E-state index is 0.605. The lowest BCUT2D eigenvalue weighted by Gasteiger charge is -2.16. The quantitative estimate of drug-likeness (QED) is 0.571. The highest BCUT2D eigenvalue weighted by Gasteiger charge is 1.98. The van der Waals surface area contributed by atoms with Gasteiger partial charge in [0, 0.05) is 26.3 Å². The molecule has 0 saturated carbocycles. The summed E-state index contributed by atoms with van der Waals surface area (Å²) in [5, 5.41) is 3.42. The minimum Gasteiger partial charge on any atom is -0.385 e. The van der Waals surface area contributed by atoms with Crippen LogP contribution in [0.4, 0.5) is 0 Å². The largest absolute Gasteiger partial charge is 0.385 e. The molecule has 0 amide bonds. The van der Waals surface area contributed by atoms with Gasteiger partial charge in [-0.15, -0.1) is 0 Å². The van der Waals surface area contributed by atoms with Crippen molar-refractivity contribution in [2.24, 2.45) is 0 Å². The fourth-order valence-electron chi connectivity index (χ4n) is 1.33. The van der Waals surface area contributed by atoms with E-state index in [9.17, 15) is 0 Å². The standard InChI is InChI=1S/C11H26N2O/c1-11(2)12-7-5-8-13(3)9-6-10-14-4/h11-12H,5-10H2,1-4H3. The van der Waals surface area contributed by atoms with Crippen molar-refractivity contribution < 1.29 is 4.74 Å². The third kappa shape index (κ3) is 9.96. The highest BCUT2D eigenvalue weighted by molar-refractivity contribution is 4.56. The van der Waals surface area contributed by atoms with Crippen LogP contribution < -0.4 is 5.32 Å². The maximum absolute atomic E-state index is 5.01. The van der Waals surface area contributed by atoms with E-state index < -0.39 is 0 Å². The Morgan fingerprint density at radius 2 is 1.86 bits per heavy atom. The molecule has 0 aromatic heterocycles. The molecule has 0 aliphatic carbocycles. The number of ether oxygens (including phenoxy) is 1. The van der Waals surface area contributed by atoms with Crippen molar-refractivity contribution in [1.29, 1.82) is 0 Å². The summed E-state index contributed by atoms with van der Waals surface area (Å²) in [6, 6.07) is 0.605. The Morgan fingerprint density at radius 3 is 2.43 bits per heavy atom. The van der Waals surface area contributed by atoms with Gasteiger partial charge in [-0.3, -0.25) is 0 Å². The van der Waals surface area contributed by atoms with Crippen LogP contribution in [0.2, 0.25) is 0 Å². The van der Waals surface area contributed by atoms with Crippen LogP contribution in [0.3, 0.4) is 0 Å². The second kappa shape index (κ2) is 9.44. The molecular formula is C11H26N2O. The zero-order chi connectivity index (χ0) is 10.8. The van der Waals surface area contributed by atoms with Crippen LogP contribution >= 0.6 is 0 Å². The third-order valence-corrected chi connectivity index (χ3v) is 2.16. The second-order valence-corrected chi connectivity index (χ2v) is 4.11. The molecule has 0 aromatic carbocycles. The van der Waals surface area contributed by atoms with Crippen LogP contribution in [-0.4, -0.2) is 51.3 Å². The predicted molar refractivity (Wildman–Crippen MR) is 61.7 cm³/mol. The van der Waals surface area contributed by atoms with Gasteiger partial charge in [0.05, 0.1) is 0 Å². The van der Waals surface area contributed by atoms with Gasteiger partial charge < -0.3 is 15.0 Å². The molecular weight excluding hydrogens is 176 g/mol. The van der Waals surface area contributed by atoms with Crippen molar-refractivity contribution in [2.75, 3.05) is 40.4 Å². The lowest BCUT2D eigenvalue weighted by atomic mass is 10.3. The van der Waals surface area contributed by atoms with E-state index in [1.54, 1.807) is 7.11 Å². The molecule has 0 aromatic rings. The van der Waals surface area contributed by atoms with Gasteiger partial charge in [0.25, 0.3) is 0 Å². The summed E-state index contributed by atoms with van der Waals surface area (Å²) in [6.45, 7) is 8.66. The van der Waals surface area contributed by atoms with Crippen LogP contribution in [0.5, 0.6) is 0 Å². The minimum absolute atomic E-state index is 0.605. The molecule has 0 rings (SSSR count). The zero-order valence-corrected chi connectivity index (χ0v) is 10.2. The Kier molecular flexibility index (Phi) is 9.35. The molecule has 14 heavy (non-hydrogen) atoms. The average Bonchev–Trinajstić information content (AvgIpc) is 2.13. The summed E-state index contributed by atoms with van der Waals surface area (Å²) < 4.78 is 5.01. The van der Waals surface area contributed by atoms with E-state index >= 15 is 0 Å². The number of nitrogens with zero attached hydrogens (tertiary/aromatic N) is 1. The number of methoxy groups -OCH3 is 1. The van der Waals surface area contributed by atoms with Crippen molar-refractivity contribution in [1.82, 2.24) is 10.2 Å². The van der Waals surface area contributed by atoms with Crippen LogP contribution in [0.15, 0.2) is 0 Å². The normalized spacial score (nSPS) is 11.6. The van der Waals surface area contributed by atoms with Crippen molar-refractivity contribution >= 4 is 0 Å². The van der Waals surface area contributed by atoms with Crippen molar-refractivity contribution in [3.8, 4) is 0 Å². The van der Waals surface area contributed by atoms with E-state index in [1.165, 1.54) is 13.0 Å². The van der Waals surface area contributed by atoms with E-state index in [0.717, 1.165) is 26.1 Å². The van der Waals surface area contributed by atoms with Crippen molar-refractivity contribution in [3.05, 3.63) is 0 Å². The molecule has 0 atom stereocenters. The van der Waals surface area contributed by atoms with Gasteiger partial charge in [0.15, 0.2) is 0 Å². The highest BCUT2D eigenvalue weighted by Crippen LogP contribution is 1.90. The van der Waals surface area contributed by atoms with E-state index in [2.05, 4.69) is 31.1 Å². The zero-order valence-electron chi connectivity index (χ0n) is 10.2. The molecule has 3 heteroatoms. The van der Waals surface area contributed by atoms with Gasteiger partial charge >= 0.3 is 0 Å². The van der Waals surface area contributed by atoms with Crippen LogP contribution in [0.1, 0.15) is 26.7 Å². The van der Waals surface area contributed by atoms with E-state index in [0.29, 0.717) is 6.04 Å². The van der Waals surface area contributed by atoms with Crippen LogP contribution in [-0.2, 0) is 4.74 Å². The van der Waals surface area contributed by atoms with Crippen molar-refractivity contribution in [3.63, 3.8) is 0 Å². The first kappa shape index (κ1) is 13.9. The molecule has 86 valence electrons. The summed E-state index contributed by atoms with van der Waals surface area (Å²) in [5.41, 5.74) is 0. The Morgan fingerprint density at radius 1 is 1.21 bits per heavy atom. The highest BCUT2D eigenvalue weighted by atomic mass is 16.5. The smallest absolute Gasteiger partial charge is 0.0474 e. The second-order valence-electron chi connectivity index (χ2n) is 4.11. The predicted octanol–water partition coefficient (Wildman–Crippen LogP) is 1.34. The Labute approximate surface area is 88.8 Å². The van der Waals surface area contributed by atoms with Crippen molar-refractivity contribution in [2.45, 2.75) is 32.7 Å². The fraction of sp³-hybridized carbons (Fsp3) is 1.00.